The minimum atomic E-state index is -0.0446. The number of ether oxygens (including phenoxy) is 2. The Morgan fingerprint density at radius 3 is 2.79 bits per heavy atom. The molecule has 0 amide bonds. The first-order chi connectivity index (χ1) is 16.2. The fourth-order valence-corrected chi connectivity index (χ4v) is 5.12. The van der Waals surface area contributed by atoms with Crippen molar-refractivity contribution in [2.24, 2.45) is 0 Å². The van der Waals surface area contributed by atoms with Crippen molar-refractivity contribution >= 4 is 22.4 Å². The van der Waals surface area contributed by atoms with E-state index in [4.69, 9.17) is 19.4 Å². The lowest BCUT2D eigenvalue weighted by Gasteiger charge is -2.35. The van der Waals surface area contributed by atoms with Crippen molar-refractivity contribution in [3.8, 4) is 11.4 Å². The van der Waals surface area contributed by atoms with Crippen LogP contribution in [0, 0.1) is 0 Å². The second kappa shape index (κ2) is 8.57. The molecule has 6 rings (SSSR count). The lowest BCUT2D eigenvalue weighted by Crippen LogP contribution is -2.44. The molecule has 0 bridgehead atoms. The van der Waals surface area contributed by atoms with Gasteiger partial charge >= 0.3 is 0 Å². The molecule has 0 spiro atoms. The Morgan fingerprint density at radius 2 is 2.00 bits per heavy atom. The lowest BCUT2D eigenvalue weighted by molar-refractivity contribution is -0.0383. The van der Waals surface area contributed by atoms with E-state index in [0.717, 1.165) is 73.7 Å². The number of hydrogen-bond acceptors (Lipinski definition) is 7. The van der Waals surface area contributed by atoms with Crippen LogP contribution in [0.2, 0.25) is 0 Å². The Bertz CT molecular complexity index is 1140. The smallest absolute Gasteiger partial charge is 0.150 e. The number of fused-ring (bicyclic) bond motifs is 1. The number of nitrogens with zero attached hydrogens (tertiary/aromatic N) is 6. The van der Waals surface area contributed by atoms with Crippen LogP contribution in [0.3, 0.4) is 0 Å². The van der Waals surface area contributed by atoms with E-state index in [1.807, 2.05) is 23.1 Å². The van der Waals surface area contributed by atoms with Crippen LogP contribution in [0.5, 0.6) is 0 Å². The summed E-state index contributed by atoms with van der Waals surface area (Å²) in [5.74, 6) is 0.995. The van der Waals surface area contributed by atoms with Gasteiger partial charge in [-0.25, -0.2) is 9.67 Å². The van der Waals surface area contributed by atoms with Crippen LogP contribution in [0.4, 0.5) is 11.5 Å². The molecule has 3 aromatic rings. The van der Waals surface area contributed by atoms with Crippen LogP contribution in [0.1, 0.15) is 45.3 Å². The minimum absolute atomic E-state index is 0.0446. The van der Waals surface area contributed by atoms with Gasteiger partial charge in [0, 0.05) is 55.8 Å². The van der Waals surface area contributed by atoms with E-state index in [9.17, 15) is 0 Å². The van der Waals surface area contributed by atoms with E-state index in [-0.39, 0.29) is 12.3 Å². The SMILES string of the molecule is C[C@@H]1COCCN1c1cc(N(C)C2CC2)c2ccnc(-c3ccnn3[C@H]3CCCCO3)c2n1. The van der Waals surface area contributed by atoms with Crippen LogP contribution in [-0.4, -0.2) is 65.2 Å². The third-order valence-electron chi connectivity index (χ3n) is 7.17. The standard InChI is InChI=1S/C25H32N6O2/c1-17-16-32-14-12-30(17)22-15-21(29(2)18-6-7-18)19-8-10-26-25(24(19)28-22)20-9-11-27-31(20)23-5-3-4-13-33-23/h8-11,15,17-18,23H,3-7,12-14,16H2,1-2H3/t17-,23-/m1/s1. The monoisotopic (exact) mass is 448 g/mol. The topological polar surface area (TPSA) is 68.5 Å². The zero-order chi connectivity index (χ0) is 22.4. The van der Waals surface area contributed by atoms with Gasteiger partial charge in [-0.3, -0.25) is 4.98 Å². The van der Waals surface area contributed by atoms with Gasteiger partial charge < -0.3 is 19.3 Å². The maximum absolute atomic E-state index is 6.05. The highest BCUT2D eigenvalue weighted by Gasteiger charge is 2.30. The summed E-state index contributed by atoms with van der Waals surface area (Å²) in [7, 11) is 2.21. The van der Waals surface area contributed by atoms with E-state index in [2.05, 4.69) is 41.0 Å². The fraction of sp³-hybridized carbons (Fsp3) is 0.560. The van der Waals surface area contributed by atoms with Crippen molar-refractivity contribution < 1.29 is 9.47 Å². The molecule has 1 saturated carbocycles. The van der Waals surface area contributed by atoms with Crippen LogP contribution in [-0.2, 0) is 9.47 Å². The molecular weight excluding hydrogens is 416 g/mol. The molecule has 3 aliphatic rings. The van der Waals surface area contributed by atoms with Crippen molar-refractivity contribution in [1.29, 1.82) is 0 Å². The molecule has 8 heteroatoms. The average molecular weight is 449 g/mol. The molecule has 3 fully saturated rings. The lowest BCUT2D eigenvalue weighted by atomic mass is 10.1. The zero-order valence-corrected chi connectivity index (χ0v) is 19.5. The number of aromatic nitrogens is 4. The number of morpholine rings is 1. The second-order valence-electron chi connectivity index (χ2n) is 9.50. The van der Waals surface area contributed by atoms with Crippen LogP contribution in [0.15, 0.2) is 30.6 Å². The van der Waals surface area contributed by atoms with Crippen LogP contribution in [0.25, 0.3) is 22.3 Å². The zero-order valence-electron chi connectivity index (χ0n) is 19.5. The van der Waals surface area contributed by atoms with Gasteiger partial charge in [0.1, 0.15) is 17.0 Å². The summed E-state index contributed by atoms with van der Waals surface area (Å²) in [4.78, 5) is 14.8. The van der Waals surface area contributed by atoms with Crippen molar-refractivity contribution in [3.05, 3.63) is 30.6 Å². The number of hydrogen-bond donors (Lipinski definition) is 0. The van der Waals surface area contributed by atoms with Gasteiger partial charge in [-0.2, -0.15) is 5.10 Å². The summed E-state index contributed by atoms with van der Waals surface area (Å²) < 4.78 is 13.7. The second-order valence-corrected chi connectivity index (χ2v) is 9.50. The molecule has 3 aromatic heterocycles. The summed E-state index contributed by atoms with van der Waals surface area (Å²) in [6.45, 7) is 5.27. The summed E-state index contributed by atoms with van der Waals surface area (Å²) in [6.07, 6.45) is 9.43. The third-order valence-corrected chi connectivity index (χ3v) is 7.17. The third kappa shape index (κ3) is 3.85. The molecule has 5 heterocycles. The maximum atomic E-state index is 6.05. The van der Waals surface area contributed by atoms with Gasteiger partial charge in [-0.05, 0) is 51.2 Å². The Morgan fingerprint density at radius 1 is 1.09 bits per heavy atom. The van der Waals surface area contributed by atoms with Crippen molar-refractivity contribution in [3.63, 3.8) is 0 Å². The van der Waals surface area contributed by atoms with Crippen molar-refractivity contribution in [2.45, 2.75) is 57.3 Å². The first kappa shape index (κ1) is 20.9. The summed E-state index contributed by atoms with van der Waals surface area (Å²) >= 11 is 0. The van der Waals surface area contributed by atoms with Gasteiger partial charge in [0.25, 0.3) is 0 Å². The Labute approximate surface area is 194 Å². The normalized spacial score (nSPS) is 23.8. The molecule has 174 valence electrons. The Balaban J connectivity index is 1.51. The van der Waals surface area contributed by atoms with Gasteiger partial charge in [-0.1, -0.05) is 0 Å². The largest absolute Gasteiger partial charge is 0.377 e. The van der Waals surface area contributed by atoms with Gasteiger partial charge in [0.15, 0.2) is 6.23 Å². The average Bonchev–Trinajstić information content (AvgIpc) is 3.60. The summed E-state index contributed by atoms with van der Waals surface area (Å²) in [6, 6.07) is 7.28. The molecule has 8 nitrogen and oxygen atoms in total. The Hall–Kier alpha value is -2.71. The molecular formula is C25H32N6O2. The van der Waals surface area contributed by atoms with E-state index < -0.39 is 0 Å². The highest BCUT2D eigenvalue weighted by molar-refractivity contribution is 6.00. The molecule has 0 aromatic carbocycles. The number of anilines is 2. The predicted octanol–water partition coefficient (Wildman–Crippen LogP) is 4.02. The minimum Gasteiger partial charge on any atom is -0.377 e. The molecule has 0 unspecified atom stereocenters. The Kier molecular flexibility index (Phi) is 5.42. The van der Waals surface area contributed by atoms with Gasteiger partial charge in [0.2, 0.25) is 0 Å². The van der Waals surface area contributed by atoms with Crippen molar-refractivity contribution in [1.82, 2.24) is 19.7 Å². The molecule has 0 N–H and O–H groups in total. The number of pyridine rings is 2. The molecule has 33 heavy (non-hydrogen) atoms. The molecule has 0 radical (unpaired) electrons. The molecule has 2 aliphatic heterocycles. The van der Waals surface area contributed by atoms with Gasteiger partial charge in [-0.15, -0.1) is 0 Å². The van der Waals surface area contributed by atoms with E-state index in [0.29, 0.717) is 6.04 Å². The number of rotatable bonds is 5. The quantitative estimate of drug-likeness (QED) is 0.584. The first-order valence-corrected chi connectivity index (χ1v) is 12.2. The maximum Gasteiger partial charge on any atom is 0.150 e. The molecule has 1 aliphatic carbocycles. The first-order valence-electron chi connectivity index (χ1n) is 12.2. The highest BCUT2D eigenvalue weighted by Crippen LogP contribution is 2.39. The van der Waals surface area contributed by atoms with E-state index in [1.54, 1.807) is 0 Å². The van der Waals surface area contributed by atoms with Crippen LogP contribution >= 0.6 is 0 Å². The van der Waals surface area contributed by atoms with Gasteiger partial charge in [0.05, 0.1) is 24.9 Å². The summed E-state index contributed by atoms with van der Waals surface area (Å²) in [5, 5.41) is 5.77. The predicted molar refractivity (Wildman–Crippen MR) is 129 cm³/mol. The summed E-state index contributed by atoms with van der Waals surface area (Å²) in [5.41, 5.74) is 3.98. The van der Waals surface area contributed by atoms with E-state index >= 15 is 0 Å². The molecule has 2 atom stereocenters. The van der Waals surface area contributed by atoms with Crippen molar-refractivity contribution in [2.75, 3.05) is 43.2 Å². The fourth-order valence-electron chi connectivity index (χ4n) is 5.12. The van der Waals surface area contributed by atoms with E-state index in [1.165, 1.54) is 18.5 Å². The highest BCUT2D eigenvalue weighted by atomic mass is 16.5. The molecule has 2 saturated heterocycles. The van der Waals surface area contributed by atoms with Crippen LogP contribution < -0.4 is 9.80 Å².